The van der Waals surface area contributed by atoms with Crippen LogP contribution in [0.5, 0.6) is 11.5 Å². The fraction of sp³-hybridized carbons (Fsp3) is 0. The molecular formula is C17H13ClN2O. The fourth-order valence-electron chi connectivity index (χ4n) is 2.01. The summed E-state index contributed by atoms with van der Waals surface area (Å²) < 4.78 is 5.75. The summed E-state index contributed by atoms with van der Waals surface area (Å²) >= 11 is 5.96. The Hall–Kier alpha value is -2.52. The predicted molar refractivity (Wildman–Crippen MR) is 85.6 cm³/mol. The molecule has 0 bridgehead atoms. The van der Waals surface area contributed by atoms with Crippen molar-refractivity contribution in [3.05, 3.63) is 71.9 Å². The average molecular weight is 297 g/mol. The first kappa shape index (κ1) is 13.5. The van der Waals surface area contributed by atoms with E-state index in [-0.39, 0.29) is 0 Å². The summed E-state index contributed by atoms with van der Waals surface area (Å²) in [6.45, 7) is 0. The van der Waals surface area contributed by atoms with E-state index < -0.39 is 0 Å². The van der Waals surface area contributed by atoms with Crippen LogP contribution < -0.4 is 10.5 Å². The van der Waals surface area contributed by atoms with Crippen molar-refractivity contribution in [1.29, 1.82) is 0 Å². The van der Waals surface area contributed by atoms with Crippen molar-refractivity contribution in [1.82, 2.24) is 4.98 Å². The third kappa shape index (κ3) is 3.15. The van der Waals surface area contributed by atoms with E-state index in [0.717, 1.165) is 22.6 Å². The molecule has 3 nitrogen and oxygen atoms in total. The van der Waals surface area contributed by atoms with Crippen molar-refractivity contribution < 1.29 is 4.74 Å². The normalized spacial score (nSPS) is 10.3. The first-order valence-electron chi connectivity index (χ1n) is 6.47. The van der Waals surface area contributed by atoms with Crippen LogP contribution in [0, 0.1) is 0 Å². The zero-order valence-electron chi connectivity index (χ0n) is 11.2. The molecule has 0 spiro atoms. The van der Waals surface area contributed by atoms with E-state index in [1.54, 1.807) is 6.07 Å². The van der Waals surface area contributed by atoms with Gasteiger partial charge in [-0.3, -0.25) is 0 Å². The van der Waals surface area contributed by atoms with Crippen molar-refractivity contribution in [2.24, 2.45) is 0 Å². The standard InChI is InChI=1S/C17H13ClN2O/c18-13-10-16(17(19)20-11-13)12-6-8-15(9-7-12)21-14-4-2-1-3-5-14/h1-11H,(H2,19,20). The maximum absolute atomic E-state index is 5.96. The first-order valence-corrected chi connectivity index (χ1v) is 6.84. The van der Waals surface area contributed by atoms with Crippen LogP contribution in [0.15, 0.2) is 66.9 Å². The van der Waals surface area contributed by atoms with Gasteiger partial charge in [-0.15, -0.1) is 0 Å². The quantitative estimate of drug-likeness (QED) is 0.757. The van der Waals surface area contributed by atoms with Gasteiger partial charge < -0.3 is 10.5 Å². The Morgan fingerprint density at radius 1 is 0.905 bits per heavy atom. The van der Waals surface area contributed by atoms with Crippen LogP contribution in [0.4, 0.5) is 5.82 Å². The van der Waals surface area contributed by atoms with E-state index in [2.05, 4.69) is 4.98 Å². The lowest BCUT2D eigenvalue weighted by molar-refractivity contribution is 0.483. The molecule has 0 fully saturated rings. The zero-order valence-corrected chi connectivity index (χ0v) is 11.9. The number of nitrogens with two attached hydrogens (primary N) is 1. The summed E-state index contributed by atoms with van der Waals surface area (Å²) in [6, 6.07) is 19.1. The van der Waals surface area contributed by atoms with Gasteiger partial charge in [0.2, 0.25) is 0 Å². The average Bonchev–Trinajstić information content (AvgIpc) is 2.52. The number of pyridine rings is 1. The highest BCUT2D eigenvalue weighted by Crippen LogP contribution is 2.29. The van der Waals surface area contributed by atoms with Crippen LogP contribution in [0.2, 0.25) is 5.02 Å². The van der Waals surface area contributed by atoms with Gasteiger partial charge in [0.05, 0.1) is 5.02 Å². The van der Waals surface area contributed by atoms with Crippen LogP contribution in [-0.2, 0) is 0 Å². The van der Waals surface area contributed by atoms with Crippen molar-refractivity contribution in [3.63, 3.8) is 0 Å². The van der Waals surface area contributed by atoms with Gasteiger partial charge in [-0.1, -0.05) is 41.9 Å². The Kier molecular flexibility index (Phi) is 3.75. The van der Waals surface area contributed by atoms with E-state index in [4.69, 9.17) is 22.1 Å². The highest BCUT2D eigenvalue weighted by atomic mass is 35.5. The van der Waals surface area contributed by atoms with Crippen LogP contribution in [-0.4, -0.2) is 4.98 Å². The molecule has 0 saturated heterocycles. The molecule has 104 valence electrons. The number of anilines is 1. The number of hydrogen-bond donors (Lipinski definition) is 1. The molecule has 3 aromatic rings. The number of hydrogen-bond acceptors (Lipinski definition) is 3. The zero-order chi connectivity index (χ0) is 14.7. The SMILES string of the molecule is Nc1ncc(Cl)cc1-c1ccc(Oc2ccccc2)cc1. The summed E-state index contributed by atoms with van der Waals surface area (Å²) in [6.07, 6.45) is 1.53. The van der Waals surface area contributed by atoms with Crippen LogP contribution in [0.25, 0.3) is 11.1 Å². The molecule has 3 rings (SSSR count). The summed E-state index contributed by atoms with van der Waals surface area (Å²) in [5.41, 5.74) is 7.64. The maximum Gasteiger partial charge on any atom is 0.131 e. The van der Waals surface area contributed by atoms with Gasteiger partial charge in [-0.05, 0) is 35.9 Å². The molecule has 0 atom stereocenters. The first-order chi connectivity index (χ1) is 10.2. The Bertz CT molecular complexity index is 742. The summed E-state index contributed by atoms with van der Waals surface area (Å²) in [5.74, 6) is 2.02. The van der Waals surface area contributed by atoms with E-state index in [9.17, 15) is 0 Å². The molecule has 1 heterocycles. The number of para-hydroxylation sites is 1. The van der Waals surface area contributed by atoms with Crippen LogP contribution in [0.1, 0.15) is 0 Å². The summed E-state index contributed by atoms with van der Waals surface area (Å²) in [5, 5.41) is 0.559. The third-order valence-corrected chi connectivity index (χ3v) is 3.24. The minimum atomic E-state index is 0.455. The van der Waals surface area contributed by atoms with E-state index in [1.165, 1.54) is 6.20 Å². The molecule has 0 aliphatic heterocycles. The lowest BCUT2D eigenvalue weighted by atomic mass is 10.1. The fourth-order valence-corrected chi connectivity index (χ4v) is 2.17. The Labute approximate surface area is 128 Å². The van der Waals surface area contributed by atoms with Crippen molar-refractivity contribution in [3.8, 4) is 22.6 Å². The molecule has 0 aliphatic carbocycles. The molecule has 4 heteroatoms. The number of benzene rings is 2. The van der Waals surface area contributed by atoms with Gasteiger partial charge in [0.1, 0.15) is 17.3 Å². The van der Waals surface area contributed by atoms with Gasteiger partial charge in [-0.25, -0.2) is 4.98 Å². The Balaban J connectivity index is 1.85. The topological polar surface area (TPSA) is 48.1 Å². The van der Waals surface area contributed by atoms with E-state index in [0.29, 0.717) is 10.8 Å². The Morgan fingerprint density at radius 2 is 1.57 bits per heavy atom. The maximum atomic E-state index is 5.96. The molecule has 0 saturated carbocycles. The van der Waals surface area contributed by atoms with E-state index >= 15 is 0 Å². The lowest BCUT2D eigenvalue weighted by Crippen LogP contribution is -1.93. The molecule has 2 N–H and O–H groups in total. The molecule has 2 aromatic carbocycles. The minimum absolute atomic E-state index is 0.455. The van der Waals surface area contributed by atoms with Gasteiger partial charge in [-0.2, -0.15) is 0 Å². The third-order valence-electron chi connectivity index (χ3n) is 3.03. The van der Waals surface area contributed by atoms with Gasteiger partial charge in [0.15, 0.2) is 0 Å². The van der Waals surface area contributed by atoms with Crippen molar-refractivity contribution in [2.75, 3.05) is 5.73 Å². The number of aromatic nitrogens is 1. The second kappa shape index (κ2) is 5.85. The smallest absolute Gasteiger partial charge is 0.131 e. The predicted octanol–water partition coefficient (Wildman–Crippen LogP) is 4.78. The Morgan fingerprint density at radius 3 is 2.29 bits per heavy atom. The number of nitrogens with zero attached hydrogens (tertiary/aromatic N) is 1. The lowest BCUT2D eigenvalue weighted by Gasteiger charge is -2.08. The summed E-state index contributed by atoms with van der Waals surface area (Å²) in [4.78, 5) is 4.06. The number of halogens is 1. The second-order valence-electron chi connectivity index (χ2n) is 4.53. The molecular weight excluding hydrogens is 284 g/mol. The van der Waals surface area contributed by atoms with Crippen molar-refractivity contribution in [2.45, 2.75) is 0 Å². The monoisotopic (exact) mass is 296 g/mol. The number of ether oxygens (including phenoxy) is 1. The highest BCUT2D eigenvalue weighted by molar-refractivity contribution is 6.30. The summed E-state index contributed by atoms with van der Waals surface area (Å²) in [7, 11) is 0. The molecule has 0 unspecified atom stereocenters. The van der Waals surface area contributed by atoms with Crippen molar-refractivity contribution >= 4 is 17.4 Å². The molecule has 21 heavy (non-hydrogen) atoms. The molecule has 0 amide bonds. The van der Waals surface area contributed by atoms with Crippen LogP contribution >= 0.6 is 11.6 Å². The number of nitrogen functional groups attached to an aromatic ring is 1. The van der Waals surface area contributed by atoms with Gasteiger partial charge in [0.25, 0.3) is 0 Å². The van der Waals surface area contributed by atoms with Crippen LogP contribution in [0.3, 0.4) is 0 Å². The highest BCUT2D eigenvalue weighted by Gasteiger charge is 2.05. The van der Waals surface area contributed by atoms with E-state index in [1.807, 2.05) is 54.6 Å². The second-order valence-corrected chi connectivity index (χ2v) is 4.96. The molecule has 1 aromatic heterocycles. The number of rotatable bonds is 3. The molecule has 0 aliphatic rings. The van der Waals surface area contributed by atoms with Gasteiger partial charge >= 0.3 is 0 Å². The largest absolute Gasteiger partial charge is 0.457 e. The van der Waals surface area contributed by atoms with Gasteiger partial charge in [0, 0.05) is 11.8 Å². The minimum Gasteiger partial charge on any atom is -0.457 e. The molecule has 0 radical (unpaired) electrons.